The van der Waals surface area contributed by atoms with Gasteiger partial charge in [0.15, 0.2) is 0 Å². The van der Waals surface area contributed by atoms with E-state index in [4.69, 9.17) is 0 Å². The number of hydrogen-bond acceptors (Lipinski definition) is 3. The van der Waals surface area contributed by atoms with E-state index < -0.39 is 0 Å². The first-order valence-electron chi connectivity index (χ1n) is 7.79. The number of fused-ring (bicyclic) bond motifs is 1. The SMILES string of the molecule is CCNC(=O)[C@@H]1CCc2sc(C(=O)N(CC)CC)cc2C1. The Morgan fingerprint density at radius 2 is 2.05 bits per heavy atom. The van der Waals surface area contributed by atoms with Crippen LogP contribution in [0.1, 0.15) is 47.3 Å². The molecule has 2 rings (SSSR count). The zero-order valence-corrected chi connectivity index (χ0v) is 13.9. The average molecular weight is 308 g/mol. The molecule has 0 radical (unpaired) electrons. The van der Waals surface area contributed by atoms with Crippen LogP contribution in [0.3, 0.4) is 0 Å². The van der Waals surface area contributed by atoms with Crippen LogP contribution in [0.25, 0.3) is 0 Å². The minimum absolute atomic E-state index is 0.0588. The molecule has 1 aliphatic rings. The van der Waals surface area contributed by atoms with Gasteiger partial charge in [-0.25, -0.2) is 0 Å². The van der Waals surface area contributed by atoms with Gasteiger partial charge >= 0.3 is 0 Å². The molecule has 1 N–H and O–H groups in total. The van der Waals surface area contributed by atoms with Crippen molar-refractivity contribution in [3.63, 3.8) is 0 Å². The molecule has 1 aromatic heterocycles. The molecule has 116 valence electrons. The van der Waals surface area contributed by atoms with E-state index in [1.807, 2.05) is 31.7 Å². The summed E-state index contributed by atoms with van der Waals surface area (Å²) in [5, 5.41) is 2.90. The van der Waals surface area contributed by atoms with E-state index in [-0.39, 0.29) is 17.7 Å². The number of rotatable bonds is 5. The predicted molar refractivity (Wildman–Crippen MR) is 85.8 cm³/mol. The van der Waals surface area contributed by atoms with Gasteiger partial charge in [-0.05, 0) is 51.7 Å². The molecule has 0 aliphatic heterocycles. The van der Waals surface area contributed by atoms with E-state index in [1.54, 1.807) is 11.3 Å². The second kappa shape index (κ2) is 7.07. The summed E-state index contributed by atoms with van der Waals surface area (Å²) in [7, 11) is 0. The lowest BCUT2D eigenvalue weighted by Crippen LogP contribution is -2.33. The van der Waals surface area contributed by atoms with Crippen LogP contribution in [-0.2, 0) is 17.6 Å². The monoisotopic (exact) mass is 308 g/mol. The summed E-state index contributed by atoms with van der Waals surface area (Å²) in [4.78, 5) is 28.3. The van der Waals surface area contributed by atoms with Gasteiger partial charge in [0.25, 0.3) is 5.91 Å². The third-order valence-corrected chi connectivity index (χ3v) is 5.29. The summed E-state index contributed by atoms with van der Waals surface area (Å²) in [5.41, 5.74) is 1.19. The van der Waals surface area contributed by atoms with Crippen molar-refractivity contribution in [2.75, 3.05) is 19.6 Å². The van der Waals surface area contributed by atoms with Gasteiger partial charge in [0.2, 0.25) is 5.91 Å². The molecule has 1 aliphatic carbocycles. The molecule has 5 heteroatoms. The molecule has 4 nitrogen and oxygen atoms in total. The standard InChI is InChI=1S/C16H24N2O2S/c1-4-17-15(19)11-7-8-13-12(9-11)10-14(21-13)16(20)18(5-2)6-3/h10-11H,4-9H2,1-3H3,(H,17,19)/t11-/m1/s1. The highest BCUT2D eigenvalue weighted by Gasteiger charge is 2.27. The molecule has 0 spiro atoms. The van der Waals surface area contributed by atoms with E-state index in [0.29, 0.717) is 6.54 Å². The van der Waals surface area contributed by atoms with Gasteiger partial charge in [0, 0.05) is 30.4 Å². The molecular weight excluding hydrogens is 284 g/mol. The summed E-state index contributed by atoms with van der Waals surface area (Å²) in [6, 6.07) is 2.01. The number of nitrogens with zero attached hydrogens (tertiary/aromatic N) is 1. The first-order chi connectivity index (χ1) is 10.1. The number of carbonyl (C=O) groups is 2. The van der Waals surface area contributed by atoms with E-state index >= 15 is 0 Å². The number of thiophene rings is 1. The highest BCUT2D eigenvalue weighted by Crippen LogP contribution is 2.33. The van der Waals surface area contributed by atoms with Crippen LogP contribution in [0.2, 0.25) is 0 Å². The summed E-state index contributed by atoms with van der Waals surface area (Å²) in [6.07, 6.45) is 2.56. The van der Waals surface area contributed by atoms with Crippen molar-refractivity contribution in [1.29, 1.82) is 0 Å². The van der Waals surface area contributed by atoms with Crippen molar-refractivity contribution in [2.24, 2.45) is 5.92 Å². The predicted octanol–water partition coefficient (Wildman–Crippen LogP) is 2.47. The number of carbonyl (C=O) groups excluding carboxylic acids is 2. The second-order valence-corrected chi connectivity index (χ2v) is 6.51. The van der Waals surface area contributed by atoms with Crippen LogP contribution in [0.5, 0.6) is 0 Å². The van der Waals surface area contributed by atoms with Gasteiger partial charge in [-0.2, -0.15) is 0 Å². The van der Waals surface area contributed by atoms with Crippen LogP contribution >= 0.6 is 11.3 Å². The smallest absolute Gasteiger partial charge is 0.263 e. The number of nitrogens with one attached hydrogen (secondary N) is 1. The van der Waals surface area contributed by atoms with Gasteiger partial charge in [-0.15, -0.1) is 11.3 Å². The fraction of sp³-hybridized carbons (Fsp3) is 0.625. The molecule has 2 amide bonds. The fourth-order valence-corrected chi connectivity index (χ4v) is 4.01. The number of hydrogen-bond donors (Lipinski definition) is 1. The lowest BCUT2D eigenvalue weighted by Gasteiger charge is -2.20. The minimum atomic E-state index is 0.0588. The highest BCUT2D eigenvalue weighted by molar-refractivity contribution is 7.14. The van der Waals surface area contributed by atoms with Crippen molar-refractivity contribution in [1.82, 2.24) is 10.2 Å². The van der Waals surface area contributed by atoms with Gasteiger partial charge in [0.1, 0.15) is 0 Å². The Morgan fingerprint density at radius 1 is 1.33 bits per heavy atom. The Labute approximate surface area is 130 Å². The topological polar surface area (TPSA) is 49.4 Å². The van der Waals surface area contributed by atoms with E-state index in [1.165, 1.54) is 10.4 Å². The van der Waals surface area contributed by atoms with Crippen LogP contribution < -0.4 is 5.32 Å². The zero-order valence-electron chi connectivity index (χ0n) is 13.1. The first-order valence-corrected chi connectivity index (χ1v) is 8.60. The van der Waals surface area contributed by atoms with Gasteiger partial charge in [0.05, 0.1) is 4.88 Å². The van der Waals surface area contributed by atoms with E-state index in [9.17, 15) is 9.59 Å². The van der Waals surface area contributed by atoms with Crippen molar-refractivity contribution in [3.8, 4) is 0 Å². The molecule has 1 atom stereocenters. The number of amides is 2. The summed E-state index contributed by atoms with van der Waals surface area (Å²) < 4.78 is 0. The largest absolute Gasteiger partial charge is 0.356 e. The Morgan fingerprint density at radius 3 is 2.67 bits per heavy atom. The molecule has 1 heterocycles. The maximum atomic E-state index is 12.4. The molecule has 0 fully saturated rings. The van der Waals surface area contributed by atoms with Crippen molar-refractivity contribution in [2.45, 2.75) is 40.0 Å². The minimum Gasteiger partial charge on any atom is -0.356 e. The lowest BCUT2D eigenvalue weighted by molar-refractivity contribution is -0.125. The molecule has 0 aromatic carbocycles. The van der Waals surface area contributed by atoms with Crippen molar-refractivity contribution < 1.29 is 9.59 Å². The molecule has 21 heavy (non-hydrogen) atoms. The maximum absolute atomic E-state index is 12.4. The Bertz CT molecular complexity index is 520. The van der Waals surface area contributed by atoms with Crippen molar-refractivity contribution in [3.05, 3.63) is 21.4 Å². The second-order valence-electron chi connectivity index (χ2n) is 5.37. The molecule has 1 aromatic rings. The summed E-state index contributed by atoms with van der Waals surface area (Å²) >= 11 is 1.61. The molecular formula is C16H24N2O2S. The van der Waals surface area contributed by atoms with Crippen LogP contribution in [0.15, 0.2) is 6.07 Å². The average Bonchev–Trinajstić information content (AvgIpc) is 2.91. The normalized spacial score (nSPS) is 17.2. The van der Waals surface area contributed by atoms with Crippen LogP contribution in [-0.4, -0.2) is 36.3 Å². The molecule has 0 bridgehead atoms. The third kappa shape index (κ3) is 3.46. The van der Waals surface area contributed by atoms with Crippen LogP contribution in [0.4, 0.5) is 0 Å². The fourth-order valence-electron chi connectivity index (χ4n) is 2.84. The lowest BCUT2D eigenvalue weighted by atomic mass is 9.88. The first kappa shape index (κ1) is 16.0. The summed E-state index contributed by atoms with van der Waals surface area (Å²) in [5.74, 6) is 0.323. The third-order valence-electron chi connectivity index (χ3n) is 4.07. The highest BCUT2D eigenvalue weighted by atomic mass is 32.1. The molecule has 0 saturated carbocycles. The molecule has 0 unspecified atom stereocenters. The van der Waals surface area contributed by atoms with E-state index in [2.05, 4.69) is 5.32 Å². The summed E-state index contributed by atoms with van der Waals surface area (Å²) in [6.45, 7) is 8.09. The van der Waals surface area contributed by atoms with E-state index in [0.717, 1.165) is 37.2 Å². The molecule has 0 saturated heterocycles. The Balaban J connectivity index is 2.12. The quantitative estimate of drug-likeness (QED) is 0.908. The van der Waals surface area contributed by atoms with Crippen LogP contribution in [0, 0.1) is 5.92 Å². The van der Waals surface area contributed by atoms with Crippen molar-refractivity contribution >= 4 is 23.2 Å². The Kier molecular flexibility index (Phi) is 5.39. The van der Waals surface area contributed by atoms with Gasteiger partial charge < -0.3 is 10.2 Å². The zero-order chi connectivity index (χ0) is 15.4. The number of aryl methyl sites for hydroxylation is 1. The van der Waals surface area contributed by atoms with Gasteiger partial charge in [-0.1, -0.05) is 0 Å². The Hall–Kier alpha value is -1.36. The maximum Gasteiger partial charge on any atom is 0.263 e. The van der Waals surface area contributed by atoms with Gasteiger partial charge in [-0.3, -0.25) is 9.59 Å².